The van der Waals surface area contributed by atoms with Crippen LogP contribution in [0.2, 0.25) is 0 Å². The van der Waals surface area contributed by atoms with Crippen LogP contribution in [0.1, 0.15) is 78.2 Å². The number of azide groups is 1. The Balaban J connectivity index is 1.35. The summed E-state index contributed by atoms with van der Waals surface area (Å²) in [6.45, 7) is 8.22. The molecule has 0 aromatic heterocycles. The molecule has 0 amide bonds. The minimum atomic E-state index is -1.05. The Morgan fingerprint density at radius 2 is 1.83 bits per heavy atom. The average Bonchev–Trinajstić information content (AvgIpc) is 3.29. The van der Waals surface area contributed by atoms with E-state index in [0.29, 0.717) is 29.9 Å². The van der Waals surface area contributed by atoms with Crippen LogP contribution >= 0.6 is 0 Å². The van der Waals surface area contributed by atoms with Gasteiger partial charge in [-0.15, -0.1) is 0 Å². The molecule has 4 aliphatic carbocycles. The highest BCUT2D eigenvalue weighted by Crippen LogP contribution is 2.71. The zero-order chi connectivity index (χ0) is 25.5. The lowest BCUT2D eigenvalue weighted by Crippen LogP contribution is -2.59. The van der Waals surface area contributed by atoms with Gasteiger partial charge in [0.1, 0.15) is 0 Å². The van der Waals surface area contributed by atoms with Crippen LogP contribution in [0.3, 0.4) is 0 Å². The van der Waals surface area contributed by atoms with Gasteiger partial charge >= 0.3 is 0 Å². The summed E-state index contributed by atoms with van der Waals surface area (Å²) < 4.78 is 13.6. The number of allylic oxidation sites excluding steroid dienone is 1. The molecule has 1 aliphatic heterocycles. The van der Waals surface area contributed by atoms with Gasteiger partial charge in [-0.05, 0) is 87.1 Å². The van der Waals surface area contributed by atoms with Crippen molar-refractivity contribution in [3.05, 3.63) is 51.9 Å². The Morgan fingerprint density at radius 3 is 2.53 bits per heavy atom. The summed E-state index contributed by atoms with van der Waals surface area (Å²) in [5.41, 5.74) is 10.2. The van der Waals surface area contributed by atoms with Crippen molar-refractivity contribution in [1.29, 1.82) is 0 Å². The molecule has 0 bridgehead atoms. The van der Waals surface area contributed by atoms with Crippen molar-refractivity contribution in [2.24, 2.45) is 33.7 Å². The molecule has 3 saturated carbocycles. The third-order valence-corrected chi connectivity index (χ3v) is 10.9. The number of ketones is 2. The second-order valence-corrected chi connectivity index (χ2v) is 12.3. The van der Waals surface area contributed by atoms with E-state index in [1.165, 1.54) is 5.57 Å². The molecule has 4 fully saturated rings. The summed E-state index contributed by atoms with van der Waals surface area (Å²) in [4.78, 5) is 28.6. The van der Waals surface area contributed by atoms with Crippen molar-refractivity contribution in [3.8, 4) is 0 Å². The van der Waals surface area contributed by atoms with Crippen LogP contribution in [-0.2, 0) is 24.8 Å². The summed E-state index contributed by atoms with van der Waals surface area (Å²) in [6, 6.07) is 7.21. The van der Waals surface area contributed by atoms with Crippen LogP contribution in [0.15, 0.2) is 41.0 Å². The predicted molar refractivity (Wildman–Crippen MR) is 134 cm³/mol. The first-order chi connectivity index (χ1) is 17.1. The monoisotopic (exact) mass is 489 g/mol. The second kappa shape index (κ2) is 7.77. The number of carbonyl (C=O) groups is 2. The number of nitrogens with zero attached hydrogens (tertiary/aromatic N) is 3. The van der Waals surface area contributed by atoms with Crippen molar-refractivity contribution in [3.63, 3.8) is 0 Å². The normalized spacial score (nSPS) is 45.0. The first-order valence-electron chi connectivity index (χ1n) is 13.4. The molecule has 1 aromatic carbocycles. The zero-order valence-electron chi connectivity index (χ0n) is 21.6. The molecule has 36 heavy (non-hydrogen) atoms. The summed E-state index contributed by atoms with van der Waals surface area (Å²) >= 11 is 0. The Kier molecular flexibility index (Phi) is 5.16. The molecular formula is C29H35N3O4. The van der Waals surface area contributed by atoms with Gasteiger partial charge in [-0.1, -0.05) is 48.8 Å². The molecule has 6 rings (SSSR count). The van der Waals surface area contributed by atoms with Crippen LogP contribution in [0.5, 0.6) is 0 Å². The van der Waals surface area contributed by atoms with Gasteiger partial charge in [-0.3, -0.25) is 9.59 Å². The van der Waals surface area contributed by atoms with E-state index in [-0.39, 0.29) is 28.5 Å². The number of ether oxygens (including phenoxy) is 2. The zero-order valence-corrected chi connectivity index (χ0v) is 21.6. The van der Waals surface area contributed by atoms with E-state index >= 15 is 0 Å². The molecule has 0 unspecified atom stereocenters. The molecule has 1 heterocycles. The van der Waals surface area contributed by atoms with Crippen LogP contribution in [0.4, 0.5) is 5.69 Å². The number of benzene rings is 1. The average molecular weight is 490 g/mol. The number of carbonyl (C=O) groups excluding carboxylic acids is 2. The SMILES string of the molecule is CC(=O)[C@@]12O[C@@](C)(c3ccc(N=[N+]=[N-])cc3)O[C@@H]1C[C@H]1[C@@H]3CCC4=CC(=O)CC[C@]4(C)[C@H]3CC[C@@]12C. The number of Topliss-reactive ketones (excluding diaryl/α,β-unsaturated/α-hetero) is 1. The Labute approximate surface area is 212 Å². The third kappa shape index (κ3) is 2.97. The fourth-order valence-electron chi connectivity index (χ4n) is 9.17. The number of hydrogen-bond acceptors (Lipinski definition) is 5. The van der Waals surface area contributed by atoms with Gasteiger partial charge in [-0.25, -0.2) is 0 Å². The number of hydrogen-bond donors (Lipinski definition) is 0. The van der Waals surface area contributed by atoms with Crippen molar-refractivity contribution < 1.29 is 19.1 Å². The van der Waals surface area contributed by atoms with Crippen molar-refractivity contribution in [2.45, 2.75) is 90.1 Å². The summed E-state index contributed by atoms with van der Waals surface area (Å²) in [5.74, 6) is 0.665. The van der Waals surface area contributed by atoms with E-state index in [2.05, 4.69) is 23.9 Å². The third-order valence-electron chi connectivity index (χ3n) is 10.9. The fourth-order valence-corrected chi connectivity index (χ4v) is 9.17. The van der Waals surface area contributed by atoms with E-state index in [1.807, 2.05) is 25.1 Å². The summed E-state index contributed by atoms with van der Waals surface area (Å²) in [6.07, 6.45) is 8.06. The van der Waals surface area contributed by atoms with E-state index in [4.69, 9.17) is 15.0 Å². The smallest absolute Gasteiger partial charge is 0.193 e. The van der Waals surface area contributed by atoms with E-state index < -0.39 is 11.4 Å². The van der Waals surface area contributed by atoms with Crippen LogP contribution in [-0.4, -0.2) is 23.3 Å². The van der Waals surface area contributed by atoms with Crippen molar-refractivity contribution >= 4 is 17.3 Å². The molecule has 1 saturated heterocycles. The minimum Gasteiger partial charge on any atom is -0.339 e. The molecule has 0 radical (unpaired) electrons. The minimum absolute atomic E-state index is 0.0521. The highest BCUT2D eigenvalue weighted by molar-refractivity contribution is 5.91. The van der Waals surface area contributed by atoms with Gasteiger partial charge in [0.15, 0.2) is 23.0 Å². The maximum absolute atomic E-state index is 13.5. The van der Waals surface area contributed by atoms with E-state index in [9.17, 15) is 9.59 Å². The van der Waals surface area contributed by atoms with Gasteiger partial charge in [0.25, 0.3) is 0 Å². The summed E-state index contributed by atoms with van der Waals surface area (Å²) in [7, 11) is 0. The second-order valence-electron chi connectivity index (χ2n) is 12.3. The fraction of sp³-hybridized carbons (Fsp3) is 0.655. The summed E-state index contributed by atoms with van der Waals surface area (Å²) in [5, 5.41) is 3.66. The highest BCUT2D eigenvalue weighted by atomic mass is 16.8. The number of rotatable bonds is 3. The standard InChI is InChI=1S/C29H35N3O4/c1-17(33)29-25(35-28(4,36-29)18-5-8-20(9-6-18)31-32-30)16-24-22-10-7-19-15-21(34)11-13-26(19,2)23(22)12-14-27(24,29)3/h5-6,8-9,15,22-25H,7,10-14,16H2,1-4H3/t22-,23+,24+,25-,26+,27+,28+,29-/m1/s1. The highest BCUT2D eigenvalue weighted by Gasteiger charge is 2.75. The lowest BCUT2D eigenvalue weighted by Gasteiger charge is -2.59. The molecule has 0 spiro atoms. The molecule has 1 aromatic rings. The van der Waals surface area contributed by atoms with E-state index in [0.717, 1.165) is 44.1 Å². The molecule has 0 N–H and O–H groups in total. The molecular weight excluding hydrogens is 454 g/mol. The lowest BCUT2D eigenvalue weighted by atomic mass is 9.46. The maximum atomic E-state index is 13.5. The molecule has 7 nitrogen and oxygen atoms in total. The van der Waals surface area contributed by atoms with Gasteiger partial charge < -0.3 is 9.47 Å². The lowest BCUT2D eigenvalue weighted by molar-refractivity contribution is -0.227. The molecule has 190 valence electrons. The Hall–Kier alpha value is -2.47. The molecule has 5 aliphatic rings. The van der Waals surface area contributed by atoms with Gasteiger partial charge in [0.05, 0.1) is 6.10 Å². The maximum Gasteiger partial charge on any atom is 0.193 e. The van der Waals surface area contributed by atoms with Gasteiger partial charge in [0.2, 0.25) is 0 Å². The topological polar surface area (TPSA) is 101 Å². The van der Waals surface area contributed by atoms with Crippen molar-refractivity contribution in [2.75, 3.05) is 0 Å². The van der Waals surface area contributed by atoms with Crippen LogP contribution in [0.25, 0.3) is 10.4 Å². The van der Waals surface area contributed by atoms with Gasteiger partial charge in [0, 0.05) is 28.0 Å². The van der Waals surface area contributed by atoms with E-state index in [1.54, 1.807) is 19.1 Å². The predicted octanol–water partition coefficient (Wildman–Crippen LogP) is 6.69. The van der Waals surface area contributed by atoms with Crippen molar-refractivity contribution in [1.82, 2.24) is 0 Å². The van der Waals surface area contributed by atoms with Crippen LogP contribution in [0, 0.1) is 28.6 Å². The largest absolute Gasteiger partial charge is 0.339 e. The Bertz CT molecular complexity index is 1220. The Morgan fingerprint density at radius 1 is 1.08 bits per heavy atom. The first kappa shape index (κ1) is 23.9. The quantitative estimate of drug-likeness (QED) is 0.268. The first-order valence-corrected chi connectivity index (χ1v) is 13.4. The molecule has 8 atom stereocenters. The number of fused-ring (bicyclic) bond motifs is 7. The van der Waals surface area contributed by atoms with Gasteiger partial charge in [-0.2, -0.15) is 0 Å². The molecule has 7 heteroatoms. The van der Waals surface area contributed by atoms with Crippen LogP contribution < -0.4 is 0 Å².